The second kappa shape index (κ2) is 8.16. The highest BCUT2D eigenvalue weighted by atomic mass is 79.9. The van der Waals surface area contributed by atoms with Crippen LogP contribution in [0.4, 0.5) is 0 Å². The maximum Gasteiger partial charge on any atom is 0.0444 e. The number of benzene rings is 1. The van der Waals surface area contributed by atoms with E-state index in [1.54, 1.807) is 0 Å². The molecule has 0 heterocycles. The highest BCUT2D eigenvalue weighted by molar-refractivity contribution is 9.10. The lowest BCUT2D eigenvalue weighted by Crippen LogP contribution is -2.35. The molecule has 0 radical (unpaired) electrons. The van der Waals surface area contributed by atoms with Crippen molar-refractivity contribution in [1.82, 2.24) is 5.32 Å². The minimum absolute atomic E-state index is 0.238. The number of hydrogen-bond acceptors (Lipinski definition) is 2. The van der Waals surface area contributed by atoms with Crippen molar-refractivity contribution in [1.29, 1.82) is 0 Å². The highest BCUT2D eigenvalue weighted by Gasteiger charge is 2.19. The van der Waals surface area contributed by atoms with Gasteiger partial charge in [0, 0.05) is 17.1 Å². The van der Waals surface area contributed by atoms with E-state index in [9.17, 15) is 0 Å². The Bertz CT molecular complexity index is 407. The number of rotatable bonds is 7. The van der Waals surface area contributed by atoms with Crippen molar-refractivity contribution in [2.75, 3.05) is 13.1 Å². The van der Waals surface area contributed by atoms with Crippen LogP contribution in [0.1, 0.15) is 44.9 Å². The fourth-order valence-corrected chi connectivity index (χ4v) is 2.99. The van der Waals surface area contributed by atoms with Gasteiger partial charge < -0.3 is 11.1 Å². The van der Waals surface area contributed by atoms with Gasteiger partial charge in [0.15, 0.2) is 0 Å². The molecule has 0 aromatic heterocycles. The predicted molar refractivity (Wildman–Crippen MR) is 91.8 cm³/mol. The van der Waals surface area contributed by atoms with E-state index in [4.69, 9.17) is 5.73 Å². The van der Waals surface area contributed by atoms with E-state index in [2.05, 4.69) is 74.1 Å². The molecule has 0 aliphatic carbocycles. The largest absolute Gasteiger partial charge is 0.329 e. The molecule has 0 fully saturated rings. The van der Waals surface area contributed by atoms with E-state index >= 15 is 0 Å². The molecule has 20 heavy (non-hydrogen) atoms. The molecule has 1 aromatic rings. The third-order valence-electron chi connectivity index (χ3n) is 4.13. The summed E-state index contributed by atoms with van der Waals surface area (Å²) < 4.78 is 1.15. The van der Waals surface area contributed by atoms with Crippen molar-refractivity contribution < 1.29 is 0 Å². The summed E-state index contributed by atoms with van der Waals surface area (Å²) in [6, 6.07) is 6.72. The average molecular weight is 341 g/mol. The lowest BCUT2D eigenvalue weighted by atomic mass is 9.85. The van der Waals surface area contributed by atoms with E-state index in [0.29, 0.717) is 24.3 Å². The van der Waals surface area contributed by atoms with Crippen LogP contribution < -0.4 is 11.1 Å². The van der Waals surface area contributed by atoms with Crippen molar-refractivity contribution in [3.63, 3.8) is 0 Å². The summed E-state index contributed by atoms with van der Waals surface area (Å²) >= 11 is 3.55. The Kier molecular flexibility index (Phi) is 7.21. The van der Waals surface area contributed by atoms with Gasteiger partial charge in [-0.1, -0.05) is 55.8 Å². The van der Waals surface area contributed by atoms with Crippen LogP contribution in [0, 0.1) is 24.7 Å². The van der Waals surface area contributed by atoms with Crippen molar-refractivity contribution in [3.05, 3.63) is 33.8 Å². The van der Waals surface area contributed by atoms with Gasteiger partial charge in [0.25, 0.3) is 0 Å². The molecule has 0 bridgehead atoms. The van der Waals surface area contributed by atoms with Gasteiger partial charge >= 0.3 is 0 Å². The molecule has 0 amide bonds. The molecule has 0 aliphatic rings. The van der Waals surface area contributed by atoms with Crippen LogP contribution in [0.2, 0.25) is 0 Å². The summed E-state index contributed by atoms with van der Waals surface area (Å²) in [5.74, 6) is 2.06. The Hall–Kier alpha value is -0.380. The zero-order valence-electron chi connectivity index (χ0n) is 13.4. The molecule has 2 nitrogen and oxygen atoms in total. The average Bonchev–Trinajstić information content (AvgIpc) is 2.37. The highest BCUT2D eigenvalue weighted by Crippen LogP contribution is 2.23. The van der Waals surface area contributed by atoms with Crippen LogP contribution >= 0.6 is 15.9 Å². The third kappa shape index (κ3) is 4.87. The number of nitrogens with one attached hydrogen (secondary N) is 1. The van der Waals surface area contributed by atoms with Gasteiger partial charge in [0.2, 0.25) is 0 Å². The van der Waals surface area contributed by atoms with Crippen LogP contribution in [-0.2, 0) is 0 Å². The van der Waals surface area contributed by atoms with Crippen LogP contribution in [-0.4, -0.2) is 13.1 Å². The molecule has 0 saturated heterocycles. The lowest BCUT2D eigenvalue weighted by molar-refractivity contribution is 0.266. The van der Waals surface area contributed by atoms with E-state index in [0.717, 1.165) is 11.0 Å². The fraction of sp³-hybridized carbons (Fsp3) is 0.647. The van der Waals surface area contributed by atoms with E-state index in [-0.39, 0.29) is 6.04 Å². The summed E-state index contributed by atoms with van der Waals surface area (Å²) in [7, 11) is 0. The molecule has 3 N–H and O–H groups in total. The van der Waals surface area contributed by atoms with Gasteiger partial charge in [-0.3, -0.25) is 0 Å². The van der Waals surface area contributed by atoms with Gasteiger partial charge in [-0.2, -0.15) is 0 Å². The summed E-state index contributed by atoms with van der Waals surface area (Å²) in [5, 5.41) is 3.65. The first-order valence-corrected chi connectivity index (χ1v) is 8.35. The molecule has 1 aromatic carbocycles. The van der Waals surface area contributed by atoms with Gasteiger partial charge in [-0.05, 0) is 48.4 Å². The Morgan fingerprint density at radius 2 is 1.75 bits per heavy atom. The molecular formula is C17H29BrN2. The second-order valence-electron chi connectivity index (χ2n) is 6.36. The number of hydrogen-bond donors (Lipinski definition) is 2. The zero-order chi connectivity index (χ0) is 15.3. The summed E-state index contributed by atoms with van der Waals surface area (Å²) in [4.78, 5) is 0. The Balaban J connectivity index is 2.74. The first-order chi connectivity index (χ1) is 9.36. The Morgan fingerprint density at radius 1 is 1.15 bits per heavy atom. The standard InChI is InChI=1S/C17H29BrN2/c1-11(2)15(12(3)4)10-20-17(9-19)14-6-7-16(18)13(5)8-14/h6-8,11-12,15,17,20H,9-10,19H2,1-5H3. The van der Waals surface area contributed by atoms with Gasteiger partial charge in [-0.25, -0.2) is 0 Å². The normalized spacial score (nSPS) is 13.5. The van der Waals surface area contributed by atoms with E-state index < -0.39 is 0 Å². The van der Waals surface area contributed by atoms with Crippen molar-refractivity contribution in [2.24, 2.45) is 23.5 Å². The van der Waals surface area contributed by atoms with Crippen molar-refractivity contribution in [2.45, 2.75) is 40.7 Å². The fourth-order valence-electron chi connectivity index (χ4n) is 2.74. The topological polar surface area (TPSA) is 38.0 Å². The molecule has 0 saturated carbocycles. The molecule has 0 aliphatic heterocycles. The van der Waals surface area contributed by atoms with Gasteiger partial charge in [-0.15, -0.1) is 0 Å². The van der Waals surface area contributed by atoms with Crippen molar-refractivity contribution in [3.8, 4) is 0 Å². The lowest BCUT2D eigenvalue weighted by Gasteiger charge is -2.28. The predicted octanol–water partition coefficient (Wildman–Crippen LogP) is 4.28. The monoisotopic (exact) mass is 340 g/mol. The van der Waals surface area contributed by atoms with Gasteiger partial charge in [0.05, 0.1) is 0 Å². The van der Waals surface area contributed by atoms with Crippen molar-refractivity contribution >= 4 is 15.9 Å². The molecule has 1 atom stereocenters. The van der Waals surface area contributed by atoms with Crippen LogP contribution in [0.15, 0.2) is 22.7 Å². The minimum atomic E-state index is 0.238. The molecular weight excluding hydrogens is 312 g/mol. The molecule has 0 spiro atoms. The van der Waals surface area contributed by atoms with Crippen LogP contribution in [0.25, 0.3) is 0 Å². The molecule has 3 heteroatoms. The van der Waals surface area contributed by atoms with E-state index in [1.165, 1.54) is 11.1 Å². The molecule has 1 unspecified atom stereocenters. The summed E-state index contributed by atoms with van der Waals surface area (Å²) in [5.41, 5.74) is 8.49. The number of halogens is 1. The third-order valence-corrected chi connectivity index (χ3v) is 5.02. The maximum atomic E-state index is 5.96. The number of nitrogens with two attached hydrogens (primary N) is 1. The SMILES string of the molecule is Cc1cc(C(CN)NCC(C(C)C)C(C)C)ccc1Br. The molecule has 1 rings (SSSR count). The smallest absolute Gasteiger partial charge is 0.0444 e. The van der Waals surface area contributed by atoms with Gasteiger partial charge in [0.1, 0.15) is 0 Å². The summed E-state index contributed by atoms with van der Waals surface area (Å²) in [6.45, 7) is 13.0. The first-order valence-electron chi connectivity index (χ1n) is 7.56. The van der Waals surface area contributed by atoms with E-state index in [1.807, 2.05) is 0 Å². The second-order valence-corrected chi connectivity index (χ2v) is 7.21. The quantitative estimate of drug-likeness (QED) is 0.777. The molecule has 114 valence electrons. The maximum absolute atomic E-state index is 5.96. The summed E-state index contributed by atoms with van der Waals surface area (Å²) in [6.07, 6.45) is 0. The first kappa shape index (κ1) is 17.7. The zero-order valence-corrected chi connectivity index (χ0v) is 15.0. The van der Waals surface area contributed by atoms with Crippen LogP contribution in [0.5, 0.6) is 0 Å². The Morgan fingerprint density at radius 3 is 2.20 bits per heavy atom. The van der Waals surface area contributed by atoms with Crippen LogP contribution in [0.3, 0.4) is 0 Å². The minimum Gasteiger partial charge on any atom is -0.329 e. The Labute approximate surface area is 132 Å². The number of aryl methyl sites for hydroxylation is 1.